The van der Waals surface area contributed by atoms with Crippen molar-refractivity contribution in [2.24, 2.45) is 18.9 Å². The molecule has 8 nitrogen and oxygen atoms in total. The van der Waals surface area contributed by atoms with Crippen molar-refractivity contribution in [1.82, 2.24) is 24.3 Å². The number of aromatic nitrogens is 2. The molecule has 170 valence electrons. The van der Waals surface area contributed by atoms with E-state index in [2.05, 4.69) is 14.5 Å². The van der Waals surface area contributed by atoms with Crippen LogP contribution in [0.2, 0.25) is 0 Å². The molecule has 0 spiro atoms. The molecule has 0 unspecified atom stereocenters. The molecule has 4 aliphatic heterocycles. The molecule has 2 bridgehead atoms. The lowest BCUT2D eigenvalue weighted by molar-refractivity contribution is -0.170. The molecule has 8 heteroatoms. The van der Waals surface area contributed by atoms with Crippen LogP contribution in [0.15, 0.2) is 12.4 Å². The summed E-state index contributed by atoms with van der Waals surface area (Å²) in [7, 11) is 2.03. The molecule has 0 N–H and O–H groups in total. The Morgan fingerprint density at radius 3 is 2.61 bits per heavy atom. The highest BCUT2D eigenvalue weighted by Crippen LogP contribution is 2.42. The molecule has 4 fully saturated rings. The van der Waals surface area contributed by atoms with E-state index in [9.17, 15) is 9.59 Å². The van der Waals surface area contributed by atoms with Crippen molar-refractivity contribution >= 4 is 11.8 Å². The Kier molecular flexibility index (Phi) is 5.54. The predicted molar refractivity (Wildman–Crippen MR) is 115 cm³/mol. The van der Waals surface area contributed by atoms with Crippen LogP contribution in [0.3, 0.4) is 0 Å². The SMILES string of the molecule is C[C@@H]1CN(C(=O)[C@H]2[C@H]3C[C@H](CN(Cc4nccn4C)C3)[C@@H]3CCCC(=O)N32)C[C@H](C)O1. The maximum Gasteiger partial charge on any atom is 0.245 e. The minimum absolute atomic E-state index is 0.0307. The van der Waals surface area contributed by atoms with Crippen LogP contribution in [0.5, 0.6) is 0 Å². The van der Waals surface area contributed by atoms with Gasteiger partial charge in [-0.3, -0.25) is 14.5 Å². The summed E-state index contributed by atoms with van der Waals surface area (Å²) in [6.45, 7) is 7.88. The standard InChI is InChI=1S/C23H35N5O3/c1-15-10-27(11-16(2)31-15)23(30)22-18-9-17(19-5-4-6-21(29)28(19)22)12-26(13-18)14-20-24-7-8-25(20)3/h7-8,15-19,22H,4-6,9-14H2,1-3H3/t15-,16+,17-,18+,19+,22-/m1/s1. The van der Waals surface area contributed by atoms with E-state index in [1.165, 1.54) is 0 Å². The van der Waals surface area contributed by atoms with E-state index in [-0.39, 0.29) is 42.0 Å². The number of fused-ring (bicyclic) bond motifs is 4. The van der Waals surface area contributed by atoms with Crippen molar-refractivity contribution in [3.05, 3.63) is 18.2 Å². The Labute approximate surface area is 184 Å². The number of likely N-dealkylation sites (tertiary alicyclic amines) is 1. The Balaban J connectivity index is 1.41. The van der Waals surface area contributed by atoms with Crippen LogP contribution in [0.25, 0.3) is 0 Å². The first-order valence-corrected chi connectivity index (χ1v) is 11.8. The van der Waals surface area contributed by atoms with E-state index in [4.69, 9.17) is 4.74 Å². The summed E-state index contributed by atoms with van der Waals surface area (Å²) in [6, 6.07) is -0.151. The van der Waals surface area contributed by atoms with E-state index >= 15 is 0 Å². The van der Waals surface area contributed by atoms with Gasteiger partial charge in [0.05, 0.1) is 18.8 Å². The first-order chi connectivity index (χ1) is 14.9. The van der Waals surface area contributed by atoms with Gasteiger partial charge in [0, 0.05) is 64.0 Å². The zero-order chi connectivity index (χ0) is 21.7. The Bertz CT molecular complexity index is 831. The number of piperidine rings is 3. The van der Waals surface area contributed by atoms with E-state index in [1.807, 2.05) is 43.1 Å². The Hall–Kier alpha value is -1.93. The number of ether oxygens (including phenoxy) is 1. The number of imidazole rings is 1. The molecule has 4 saturated heterocycles. The molecular formula is C23H35N5O3. The number of morpholine rings is 1. The molecule has 5 rings (SSSR count). The molecule has 0 saturated carbocycles. The summed E-state index contributed by atoms with van der Waals surface area (Å²) in [6.07, 6.45) is 7.45. The van der Waals surface area contributed by atoms with Crippen molar-refractivity contribution in [2.75, 3.05) is 26.2 Å². The zero-order valence-electron chi connectivity index (χ0n) is 18.9. The monoisotopic (exact) mass is 429 g/mol. The van der Waals surface area contributed by atoms with Crippen LogP contribution in [0.4, 0.5) is 0 Å². The summed E-state index contributed by atoms with van der Waals surface area (Å²) in [5, 5.41) is 0. The summed E-state index contributed by atoms with van der Waals surface area (Å²) in [4.78, 5) is 37.9. The molecule has 0 aliphatic carbocycles. The van der Waals surface area contributed by atoms with E-state index in [0.717, 1.165) is 44.7 Å². The average molecular weight is 430 g/mol. The van der Waals surface area contributed by atoms with Gasteiger partial charge in [0.1, 0.15) is 11.9 Å². The highest BCUT2D eigenvalue weighted by atomic mass is 16.5. The fraction of sp³-hybridized carbons (Fsp3) is 0.783. The first-order valence-electron chi connectivity index (χ1n) is 11.8. The molecule has 31 heavy (non-hydrogen) atoms. The van der Waals surface area contributed by atoms with Crippen molar-refractivity contribution in [1.29, 1.82) is 0 Å². The van der Waals surface area contributed by atoms with Crippen LogP contribution in [-0.2, 0) is 27.9 Å². The lowest BCUT2D eigenvalue weighted by Gasteiger charge is -2.56. The third-order valence-electron chi connectivity index (χ3n) is 7.69. The van der Waals surface area contributed by atoms with Gasteiger partial charge in [-0.25, -0.2) is 4.98 Å². The van der Waals surface area contributed by atoms with Gasteiger partial charge in [0.15, 0.2) is 0 Å². The van der Waals surface area contributed by atoms with Crippen molar-refractivity contribution in [3.8, 4) is 0 Å². The molecular weight excluding hydrogens is 394 g/mol. The summed E-state index contributed by atoms with van der Waals surface area (Å²) >= 11 is 0. The highest BCUT2D eigenvalue weighted by Gasteiger charge is 2.53. The van der Waals surface area contributed by atoms with Crippen LogP contribution in [-0.4, -0.2) is 86.5 Å². The summed E-state index contributed by atoms with van der Waals surface area (Å²) in [5.41, 5.74) is 0. The lowest BCUT2D eigenvalue weighted by Crippen LogP contribution is -2.69. The second-order valence-corrected chi connectivity index (χ2v) is 10.1. The number of nitrogens with zero attached hydrogens (tertiary/aromatic N) is 5. The maximum absolute atomic E-state index is 13.9. The fourth-order valence-electron chi connectivity index (χ4n) is 6.49. The van der Waals surface area contributed by atoms with Crippen LogP contribution in [0, 0.1) is 11.8 Å². The summed E-state index contributed by atoms with van der Waals surface area (Å²) in [5.74, 6) is 1.98. The number of rotatable bonds is 3. The molecule has 0 radical (unpaired) electrons. The van der Waals surface area contributed by atoms with Gasteiger partial charge in [-0.05, 0) is 39.0 Å². The predicted octanol–water partition coefficient (Wildman–Crippen LogP) is 1.26. The molecule has 0 aromatic carbocycles. The van der Waals surface area contributed by atoms with Gasteiger partial charge in [-0.1, -0.05) is 0 Å². The van der Waals surface area contributed by atoms with Gasteiger partial charge in [0.25, 0.3) is 0 Å². The number of hydrogen-bond donors (Lipinski definition) is 0. The molecule has 6 atom stereocenters. The van der Waals surface area contributed by atoms with Gasteiger partial charge in [-0.2, -0.15) is 0 Å². The third-order valence-corrected chi connectivity index (χ3v) is 7.69. The number of carbonyl (C=O) groups excluding carboxylic acids is 2. The van der Waals surface area contributed by atoms with Crippen molar-refractivity contribution in [3.63, 3.8) is 0 Å². The molecule has 1 aromatic rings. The highest BCUT2D eigenvalue weighted by molar-refractivity contribution is 5.89. The van der Waals surface area contributed by atoms with Gasteiger partial charge in [0.2, 0.25) is 11.8 Å². The average Bonchev–Trinajstić information content (AvgIpc) is 3.12. The van der Waals surface area contributed by atoms with Gasteiger partial charge < -0.3 is 19.1 Å². The summed E-state index contributed by atoms with van der Waals surface area (Å²) < 4.78 is 7.93. The Morgan fingerprint density at radius 1 is 1.16 bits per heavy atom. The van der Waals surface area contributed by atoms with Crippen LogP contribution in [0.1, 0.15) is 45.4 Å². The van der Waals surface area contributed by atoms with Crippen molar-refractivity contribution in [2.45, 2.75) is 70.4 Å². The zero-order valence-corrected chi connectivity index (χ0v) is 18.9. The van der Waals surface area contributed by atoms with E-state index in [1.54, 1.807) is 0 Å². The molecule has 1 aromatic heterocycles. The van der Waals surface area contributed by atoms with E-state index < -0.39 is 0 Å². The number of hydrogen-bond acceptors (Lipinski definition) is 5. The lowest BCUT2D eigenvalue weighted by atomic mass is 9.71. The number of aryl methyl sites for hydroxylation is 1. The topological polar surface area (TPSA) is 70.9 Å². The van der Waals surface area contributed by atoms with Gasteiger partial charge >= 0.3 is 0 Å². The van der Waals surface area contributed by atoms with Crippen molar-refractivity contribution < 1.29 is 14.3 Å². The first kappa shape index (κ1) is 20.9. The minimum Gasteiger partial charge on any atom is -0.372 e. The Morgan fingerprint density at radius 2 is 1.90 bits per heavy atom. The molecule has 5 heterocycles. The quantitative estimate of drug-likeness (QED) is 0.724. The smallest absolute Gasteiger partial charge is 0.245 e. The van der Waals surface area contributed by atoms with Gasteiger partial charge in [-0.15, -0.1) is 0 Å². The largest absolute Gasteiger partial charge is 0.372 e. The van der Waals surface area contributed by atoms with E-state index in [0.29, 0.717) is 25.4 Å². The molecule has 2 amide bonds. The second-order valence-electron chi connectivity index (χ2n) is 10.1. The minimum atomic E-state index is -0.337. The maximum atomic E-state index is 13.9. The second kappa shape index (κ2) is 8.20. The third kappa shape index (κ3) is 3.89. The molecule has 4 aliphatic rings. The normalized spacial score (nSPS) is 36.4. The number of amides is 2. The van der Waals surface area contributed by atoms with Crippen LogP contribution >= 0.6 is 0 Å². The fourth-order valence-corrected chi connectivity index (χ4v) is 6.49. The van der Waals surface area contributed by atoms with Crippen LogP contribution < -0.4 is 0 Å². The number of carbonyl (C=O) groups is 2.